The number of carbonyl (C=O) groups excluding carboxylic acids is 2. The van der Waals surface area contributed by atoms with Crippen molar-refractivity contribution in [1.29, 1.82) is 5.26 Å². The van der Waals surface area contributed by atoms with Crippen molar-refractivity contribution >= 4 is 28.8 Å². The zero-order valence-corrected chi connectivity index (χ0v) is 15.3. The summed E-state index contributed by atoms with van der Waals surface area (Å²) in [7, 11) is 1.60. The average molecular weight is 377 g/mol. The van der Waals surface area contributed by atoms with Gasteiger partial charge in [0.25, 0.3) is 11.8 Å². The van der Waals surface area contributed by atoms with Gasteiger partial charge >= 0.3 is 0 Å². The fraction of sp³-hybridized carbons (Fsp3) is 0.200. The van der Waals surface area contributed by atoms with Gasteiger partial charge in [0, 0.05) is 25.8 Å². The van der Waals surface area contributed by atoms with E-state index in [0.717, 1.165) is 0 Å². The van der Waals surface area contributed by atoms with Crippen LogP contribution >= 0.6 is 0 Å². The Morgan fingerprint density at radius 2 is 2.07 bits per heavy atom. The van der Waals surface area contributed by atoms with E-state index in [2.05, 4.69) is 10.3 Å². The van der Waals surface area contributed by atoms with E-state index in [0.29, 0.717) is 53.2 Å². The Morgan fingerprint density at radius 3 is 2.79 bits per heavy atom. The van der Waals surface area contributed by atoms with Gasteiger partial charge in [-0.05, 0) is 36.8 Å². The Kier molecular flexibility index (Phi) is 5.67. The summed E-state index contributed by atoms with van der Waals surface area (Å²) >= 11 is 0. The lowest BCUT2D eigenvalue weighted by atomic mass is 10.1. The van der Waals surface area contributed by atoms with Crippen molar-refractivity contribution in [3.05, 3.63) is 59.2 Å². The number of hydrogen-bond donors (Lipinski definition) is 2. The van der Waals surface area contributed by atoms with Crippen LogP contribution in [0.4, 0.5) is 5.95 Å². The molecule has 0 bridgehead atoms. The van der Waals surface area contributed by atoms with Gasteiger partial charge in [-0.2, -0.15) is 5.26 Å². The Bertz CT molecular complexity index is 1080. The fourth-order valence-corrected chi connectivity index (χ4v) is 2.97. The van der Waals surface area contributed by atoms with Crippen LogP contribution in [-0.2, 0) is 11.3 Å². The van der Waals surface area contributed by atoms with Crippen LogP contribution in [0.25, 0.3) is 11.0 Å². The van der Waals surface area contributed by atoms with Crippen molar-refractivity contribution in [1.82, 2.24) is 9.55 Å². The zero-order chi connectivity index (χ0) is 20.1. The molecule has 28 heavy (non-hydrogen) atoms. The molecule has 1 heterocycles. The zero-order valence-electron chi connectivity index (χ0n) is 15.3. The highest BCUT2D eigenvalue weighted by atomic mass is 16.5. The SMILES string of the molecule is COCCCn1c(NC(=O)c2cccc(C#N)c2)nc2cccc(C(N)=O)c21. The highest BCUT2D eigenvalue weighted by Gasteiger charge is 2.18. The summed E-state index contributed by atoms with van der Waals surface area (Å²) in [4.78, 5) is 29.0. The second kappa shape index (κ2) is 8.33. The van der Waals surface area contributed by atoms with Crippen molar-refractivity contribution in [3.8, 4) is 6.07 Å². The van der Waals surface area contributed by atoms with Crippen LogP contribution in [0.15, 0.2) is 42.5 Å². The molecule has 3 N–H and O–H groups in total. The molecule has 0 spiro atoms. The number of hydrogen-bond acceptors (Lipinski definition) is 5. The molecule has 2 aromatic carbocycles. The molecule has 0 aliphatic carbocycles. The summed E-state index contributed by atoms with van der Waals surface area (Å²) < 4.78 is 6.85. The molecule has 8 nitrogen and oxygen atoms in total. The molecule has 0 aliphatic rings. The average Bonchev–Trinajstić information content (AvgIpc) is 3.05. The maximum atomic E-state index is 12.7. The predicted molar refractivity (Wildman–Crippen MR) is 104 cm³/mol. The molecular formula is C20H19N5O3. The molecule has 0 aliphatic heterocycles. The number of para-hydroxylation sites is 1. The third-order valence-electron chi connectivity index (χ3n) is 4.24. The van der Waals surface area contributed by atoms with E-state index in [9.17, 15) is 9.59 Å². The standard InChI is InChI=1S/C20H19N5O3/c1-28-10-4-9-25-17-15(18(22)26)7-3-8-16(17)23-20(25)24-19(27)14-6-2-5-13(11-14)12-21/h2-3,5-8,11H,4,9-10H2,1H3,(H2,22,26)(H,23,24,27). The summed E-state index contributed by atoms with van der Waals surface area (Å²) in [5, 5.41) is 11.8. The molecule has 0 unspecified atom stereocenters. The van der Waals surface area contributed by atoms with Gasteiger partial charge in [0.05, 0.1) is 28.2 Å². The first-order valence-corrected chi connectivity index (χ1v) is 8.64. The van der Waals surface area contributed by atoms with Crippen molar-refractivity contribution in [2.24, 2.45) is 5.73 Å². The second-order valence-corrected chi connectivity index (χ2v) is 6.12. The van der Waals surface area contributed by atoms with E-state index in [1.807, 2.05) is 6.07 Å². The molecule has 0 saturated heterocycles. The number of aryl methyl sites for hydroxylation is 1. The number of benzene rings is 2. The molecule has 3 rings (SSSR count). The highest BCUT2D eigenvalue weighted by molar-refractivity contribution is 6.07. The Morgan fingerprint density at radius 1 is 1.29 bits per heavy atom. The maximum Gasteiger partial charge on any atom is 0.258 e. The minimum Gasteiger partial charge on any atom is -0.385 e. The predicted octanol–water partition coefficient (Wildman–Crippen LogP) is 2.30. The lowest BCUT2D eigenvalue weighted by molar-refractivity contribution is 0.0999. The lowest BCUT2D eigenvalue weighted by Crippen LogP contribution is -2.18. The first-order chi connectivity index (χ1) is 13.5. The number of methoxy groups -OCH3 is 1. The number of nitrogens with two attached hydrogens (primary N) is 1. The number of ether oxygens (including phenoxy) is 1. The third-order valence-corrected chi connectivity index (χ3v) is 4.24. The molecule has 0 atom stereocenters. The number of rotatable bonds is 7. The Hall–Kier alpha value is -3.70. The summed E-state index contributed by atoms with van der Waals surface area (Å²) in [6, 6.07) is 13.5. The number of primary amides is 1. The van der Waals surface area contributed by atoms with Gasteiger partial charge in [-0.15, -0.1) is 0 Å². The monoisotopic (exact) mass is 377 g/mol. The molecule has 0 radical (unpaired) electrons. The number of carbonyl (C=O) groups is 2. The van der Waals surface area contributed by atoms with E-state index < -0.39 is 11.8 Å². The van der Waals surface area contributed by atoms with Crippen LogP contribution < -0.4 is 11.1 Å². The van der Waals surface area contributed by atoms with E-state index in [4.69, 9.17) is 15.7 Å². The van der Waals surface area contributed by atoms with Crippen molar-refractivity contribution in [3.63, 3.8) is 0 Å². The van der Waals surface area contributed by atoms with E-state index in [1.165, 1.54) is 6.07 Å². The first kappa shape index (κ1) is 19.1. The van der Waals surface area contributed by atoms with Crippen LogP contribution in [0, 0.1) is 11.3 Å². The molecule has 2 amide bonds. The number of amides is 2. The van der Waals surface area contributed by atoms with Crippen molar-refractivity contribution in [2.75, 3.05) is 19.0 Å². The van der Waals surface area contributed by atoms with Gasteiger partial charge in [0.1, 0.15) is 0 Å². The van der Waals surface area contributed by atoms with E-state index in [1.54, 1.807) is 48.1 Å². The summed E-state index contributed by atoms with van der Waals surface area (Å²) in [5.41, 5.74) is 7.68. The number of nitriles is 1. The number of aromatic nitrogens is 2. The maximum absolute atomic E-state index is 12.7. The number of anilines is 1. The second-order valence-electron chi connectivity index (χ2n) is 6.12. The third kappa shape index (κ3) is 3.84. The summed E-state index contributed by atoms with van der Waals surface area (Å²) in [6.45, 7) is 0.985. The highest BCUT2D eigenvalue weighted by Crippen LogP contribution is 2.24. The summed E-state index contributed by atoms with van der Waals surface area (Å²) in [6.07, 6.45) is 0.655. The van der Waals surface area contributed by atoms with E-state index >= 15 is 0 Å². The van der Waals surface area contributed by atoms with Gasteiger partial charge in [-0.3, -0.25) is 14.9 Å². The minimum absolute atomic E-state index is 0.298. The minimum atomic E-state index is -0.571. The summed E-state index contributed by atoms with van der Waals surface area (Å²) in [5.74, 6) is -0.675. The lowest BCUT2D eigenvalue weighted by Gasteiger charge is -2.11. The number of fused-ring (bicyclic) bond motifs is 1. The smallest absolute Gasteiger partial charge is 0.258 e. The van der Waals surface area contributed by atoms with Crippen molar-refractivity contribution in [2.45, 2.75) is 13.0 Å². The van der Waals surface area contributed by atoms with Crippen LogP contribution in [0.2, 0.25) is 0 Å². The van der Waals surface area contributed by atoms with Crippen molar-refractivity contribution < 1.29 is 14.3 Å². The quantitative estimate of drug-likeness (QED) is 0.612. The molecular weight excluding hydrogens is 358 g/mol. The molecule has 0 saturated carbocycles. The van der Waals surface area contributed by atoms with Crippen LogP contribution in [-0.4, -0.2) is 35.1 Å². The normalized spacial score (nSPS) is 10.6. The largest absolute Gasteiger partial charge is 0.385 e. The van der Waals surface area contributed by atoms with Gasteiger partial charge in [-0.25, -0.2) is 4.98 Å². The van der Waals surface area contributed by atoms with Crippen LogP contribution in [0.1, 0.15) is 32.7 Å². The van der Waals surface area contributed by atoms with Gasteiger partial charge in [0.2, 0.25) is 5.95 Å². The molecule has 0 fully saturated rings. The van der Waals surface area contributed by atoms with Gasteiger partial charge < -0.3 is 15.0 Å². The Labute approximate surface area is 161 Å². The van der Waals surface area contributed by atoms with Crippen LogP contribution in [0.3, 0.4) is 0 Å². The Balaban J connectivity index is 2.02. The molecule has 142 valence electrons. The first-order valence-electron chi connectivity index (χ1n) is 8.64. The van der Waals surface area contributed by atoms with Gasteiger partial charge in [-0.1, -0.05) is 12.1 Å². The topological polar surface area (TPSA) is 123 Å². The van der Waals surface area contributed by atoms with Gasteiger partial charge in [0.15, 0.2) is 0 Å². The number of nitrogens with zero attached hydrogens (tertiary/aromatic N) is 3. The van der Waals surface area contributed by atoms with Crippen LogP contribution in [0.5, 0.6) is 0 Å². The fourth-order valence-electron chi connectivity index (χ4n) is 2.97. The number of nitrogens with one attached hydrogen (secondary N) is 1. The number of imidazole rings is 1. The molecule has 3 aromatic rings. The molecule has 1 aromatic heterocycles. The van der Waals surface area contributed by atoms with E-state index in [-0.39, 0.29) is 0 Å². The molecule has 8 heteroatoms.